The van der Waals surface area contributed by atoms with Gasteiger partial charge in [-0.25, -0.2) is 4.79 Å². The number of carbonyl (C=O) groups is 3. The van der Waals surface area contributed by atoms with E-state index in [2.05, 4.69) is 5.32 Å². The van der Waals surface area contributed by atoms with Crippen molar-refractivity contribution in [2.75, 3.05) is 13.1 Å². The monoisotopic (exact) mass is 393 g/mol. The fraction of sp³-hybridized carbons (Fsp3) is 0.348. The van der Waals surface area contributed by atoms with Crippen LogP contribution in [0.15, 0.2) is 54.6 Å². The van der Waals surface area contributed by atoms with Crippen LogP contribution >= 0.6 is 0 Å². The van der Waals surface area contributed by atoms with E-state index in [9.17, 15) is 14.4 Å². The summed E-state index contributed by atoms with van der Waals surface area (Å²) in [5.41, 5.74) is 1.70. The van der Waals surface area contributed by atoms with Crippen molar-refractivity contribution in [1.82, 2.24) is 15.1 Å². The molecule has 1 unspecified atom stereocenters. The molecule has 4 amide bonds. The third kappa shape index (κ3) is 4.31. The number of urea groups is 1. The molecule has 3 rings (SSSR count). The van der Waals surface area contributed by atoms with Crippen molar-refractivity contribution in [1.29, 1.82) is 0 Å². The smallest absolute Gasteiger partial charge is 0.325 e. The summed E-state index contributed by atoms with van der Waals surface area (Å²) in [6, 6.07) is 16.5. The first kappa shape index (κ1) is 20.6. The average molecular weight is 393 g/mol. The van der Waals surface area contributed by atoms with Gasteiger partial charge in [0.1, 0.15) is 12.1 Å². The van der Waals surface area contributed by atoms with E-state index in [1.54, 1.807) is 24.0 Å². The molecule has 1 saturated heterocycles. The average Bonchev–Trinajstić information content (AvgIpc) is 2.94. The van der Waals surface area contributed by atoms with Gasteiger partial charge in [0.25, 0.3) is 5.91 Å². The Labute approximate surface area is 171 Å². The van der Waals surface area contributed by atoms with Gasteiger partial charge in [0, 0.05) is 13.1 Å². The molecule has 1 N–H and O–H groups in total. The fourth-order valence-corrected chi connectivity index (χ4v) is 3.52. The topological polar surface area (TPSA) is 69.7 Å². The summed E-state index contributed by atoms with van der Waals surface area (Å²) in [5, 5.41) is 2.75. The number of hydrogen-bond acceptors (Lipinski definition) is 3. The van der Waals surface area contributed by atoms with Gasteiger partial charge < -0.3 is 10.2 Å². The lowest BCUT2D eigenvalue weighted by Crippen LogP contribution is -2.44. The first-order chi connectivity index (χ1) is 13.8. The standard InChI is InChI=1S/C23H27N3O3/c1-4-14-25(15-18-12-10-17(2)11-13-18)20(27)16-26-21(28)23(3,24-22(26)29)19-8-6-5-7-9-19/h5-13H,4,14-16H2,1-3H3,(H,24,29). The minimum absolute atomic E-state index is 0.242. The maximum absolute atomic E-state index is 13.0. The Morgan fingerprint density at radius 2 is 1.72 bits per heavy atom. The van der Waals surface area contributed by atoms with E-state index in [0.29, 0.717) is 18.7 Å². The Balaban J connectivity index is 1.74. The predicted octanol–water partition coefficient (Wildman–Crippen LogP) is 3.20. The molecular weight excluding hydrogens is 366 g/mol. The van der Waals surface area contributed by atoms with E-state index in [1.165, 1.54) is 0 Å². The highest BCUT2D eigenvalue weighted by Gasteiger charge is 2.49. The lowest BCUT2D eigenvalue weighted by molar-refractivity contribution is -0.139. The lowest BCUT2D eigenvalue weighted by Gasteiger charge is -2.25. The van der Waals surface area contributed by atoms with Crippen molar-refractivity contribution < 1.29 is 14.4 Å². The van der Waals surface area contributed by atoms with Crippen molar-refractivity contribution in [2.24, 2.45) is 0 Å². The molecule has 0 radical (unpaired) electrons. The third-order valence-corrected chi connectivity index (χ3v) is 5.26. The molecule has 1 atom stereocenters. The molecule has 2 aromatic rings. The first-order valence-corrected chi connectivity index (χ1v) is 9.88. The molecular formula is C23H27N3O3. The van der Waals surface area contributed by atoms with E-state index < -0.39 is 17.5 Å². The maximum atomic E-state index is 13.0. The highest BCUT2D eigenvalue weighted by Crippen LogP contribution is 2.28. The molecule has 2 aromatic carbocycles. The van der Waals surface area contributed by atoms with Crippen LogP contribution in [0.5, 0.6) is 0 Å². The highest BCUT2D eigenvalue weighted by atomic mass is 16.2. The number of rotatable bonds is 7. The van der Waals surface area contributed by atoms with Gasteiger partial charge in [-0.3, -0.25) is 14.5 Å². The van der Waals surface area contributed by atoms with Crippen molar-refractivity contribution in [2.45, 2.75) is 39.3 Å². The Hall–Kier alpha value is -3.15. The number of nitrogens with zero attached hydrogens (tertiary/aromatic N) is 2. The largest absolute Gasteiger partial charge is 0.337 e. The van der Waals surface area contributed by atoms with E-state index in [0.717, 1.165) is 22.4 Å². The van der Waals surface area contributed by atoms with Gasteiger partial charge in [-0.1, -0.05) is 67.1 Å². The predicted molar refractivity (Wildman–Crippen MR) is 111 cm³/mol. The van der Waals surface area contributed by atoms with E-state index >= 15 is 0 Å². The minimum Gasteiger partial charge on any atom is -0.337 e. The minimum atomic E-state index is -1.16. The highest BCUT2D eigenvalue weighted by molar-refractivity contribution is 6.09. The molecule has 1 aliphatic heterocycles. The molecule has 6 heteroatoms. The Morgan fingerprint density at radius 3 is 2.34 bits per heavy atom. The number of aryl methyl sites for hydroxylation is 1. The molecule has 152 valence electrons. The van der Waals surface area contributed by atoms with E-state index in [-0.39, 0.29) is 12.5 Å². The van der Waals surface area contributed by atoms with Gasteiger partial charge in [-0.05, 0) is 31.4 Å². The van der Waals surface area contributed by atoms with Crippen LogP contribution in [-0.4, -0.2) is 40.7 Å². The van der Waals surface area contributed by atoms with Crippen LogP contribution in [0.3, 0.4) is 0 Å². The quantitative estimate of drug-likeness (QED) is 0.735. The van der Waals surface area contributed by atoms with Crippen LogP contribution in [0.4, 0.5) is 4.79 Å². The molecule has 0 aromatic heterocycles. The zero-order chi connectivity index (χ0) is 21.0. The summed E-state index contributed by atoms with van der Waals surface area (Å²) < 4.78 is 0. The second-order valence-corrected chi connectivity index (χ2v) is 7.61. The maximum Gasteiger partial charge on any atom is 0.325 e. The molecule has 0 spiro atoms. The Bertz CT molecular complexity index is 895. The number of benzene rings is 2. The van der Waals surface area contributed by atoms with Crippen molar-refractivity contribution in [3.8, 4) is 0 Å². The SMILES string of the molecule is CCCN(Cc1ccc(C)cc1)C(=O)CN1C(=O)NC(C)(c2ccccc2)C1=O. The molecule has 1 aliphatic rings. The van der Waals surface area contributed by atoms with E-state index in [1.807, 2.05) is 56.3 Å². The lowest BCUT2D eigenvalue weighted by atomic mass is 9.92. The normalized spacial score (nSPS) is 18.7. The van der Waals surface area contributed by atoms with Crippen LogP contribution in [0.1, 0.15) is 37.0 Å². The summed E-state index contributed by atoms with van der Waals surface area (Å²) in [6.45, 7) is 6.43. The number of carbonyl (C=O) groups excluding carboxylic acids is 3. The van der Waals surface area contributed by atoms with Crippen molar-refractivity contribution in [3.05, 3.63) is 71.3 Å². The molecule has 0 aliphatic carbocycles. The van der Waals surface area contributed by atoms with Gasteiger partial charge in [0.2, 0.25) is 5.91 Å². The summed E-state index contributed by atoms with van der Waals surface area (Å²) in [4.78, 5) is 41.2. The zero-order valence-electron chi connectivity index (χ0n) is 17.1. The Kier molecular flexibility index (Phi) is 6.01. The number of hydrogen-bond donors (Lipinski definition) is 1. The fourth-order valence-electron chi connectivity index (χ4n) is 3.52. The second-order valence-electron chi connectivity index (χ2n) is 7.61. The van der Waals surface area contributed by atoms with Crippen LogP contribution in [0.2, 0.25) is 0 Å². The van der Waals surface area contributed by atoms with Crippen molar-refractivity contribution >= 4 is 17.8 Å². The van der Waals surface area contributed by atoms with Crippen molar-refractivity contribution in [3.63, 3.8) is 0 Å². The summed E-state index contributed by atoms with van der Waals surface area (Å²) >= 11 is 0. The van der Waals surface area contributed by atoms with E-state index in [4.69, 9.17) is 0 Å². The molecule has 0 saturated carbocycles. The van der Waals surface area contributed by atoms with Gasteiger partial charge in [0.05, 0.1) is 0 Å². The summed E-state index contributed by atoms with van der Waals surface area (Å²) in [7, 11) is 0. The third-order valence-electron chi connectivity index (χ3n) is 5.26. The molecule has 0 bridgehead atoms. The zero-order valence-corrected chi connectivity index (χ0v) is 17.1. The van der Waals surface area contributed by atoms with Crippen LogP contribution < -0.4 is 5.32 Å². The van der Waals surface area contributed by atoms with Crippen LogP contribution in [-0.2, 0) is 21.7 Å². The van der Waals surface area contributed by atoms with Gasteiger partial charge in [-0.15, -0.1) is 0 Å². The number of imide groups is 1. The molecule has 1 heterocycles. The summed E-state index contributed by atoms with van der Waals surface area (Å²) in [5.74, 6) is -0.651. The van der Waals surface area contributed by atoms with Gasteiger partial charge in [-0.2, -0.15) is 0 Å². The van der Waals surface area contributed by atoms with Gasteiger partial charge in [0.15, 0.2) is 0 Å². The molecule has 29 heavy (non-hydrogen) atoms. The molecule has 6 nitrogen and oxygen atoms in total. The Morgan fingerprint density at radius 1 is 1.07 bits per heavy atom. The van der Waals surface area contributed by atoms with Crippen LogP contribution in [0, 0.1) is 6.92 Å². The molecule has 1 fully saturated rings. The number of amides is 4. The second kappa shape index (κ2) is 8.47. The van der Waals surface area contributed by atoms with Crippen LogP contribution in [0.25, 0.3) is 0 Å². The number of nitrogens with one attached hydrogen (secondary N) is 1. The van der Waals surface area contributed by atoms with Gasteiger partial charge >= 0.3 is 6.03 Å². The first-order valence-electron chi connectivity index (χ1n) is 9.88. The summed E-state index contributed by atoms with van der Waals surface area (Å²) in [6.07, 6.45) is 0.791.